The first-order chi connectivity index (χ1) is 14.6. The zero-order chi connectivity index (χ0) is 23.0. The van der Waals surface area contributed by atoms with Gasteiger partial charge in [-0.3, -0.25) is 4.79 Å². The number of hydrogen-bond acceptors (Lipinski definition) is 3. The van der Waals surface area contributed by atoms with Crippen molar-refractivity contribution in [1.29, 1.82) is 0 Å². The van der Waals surface area contributed by atoms with Gasteiger partial charge >= 0.3 is 5.97 Å². The average Bonchev–Trinajstić information content (AvgIpc) is 2.67. The van der Waals surface area contributed by atoms with E-state index in [9.17, 15) is 9.59 Å². The second-order valence-corrected chi connectivity index (χ2v) is 9.10. The maximum absolute atomic E-state index is 12.8. The lowest BCUT2D eigenvalue weighted by molar-refractivity contribution is -0.139. The molecule has 0 aliphatic rings. The molecule has 2 aromatic carbocycles. The van der Waals surface area contributed by atoms with E-state index in [2.05, 4.69) is 33.0 Å². The number of amides is 1. The standard InChI is InChI=1S/C26H35NO4/c1-17(2)12-21(13-18(3)4)23-11-10-22(31-16-26(29)30)15-24(23)27-25(28)14-20-8-6-19(5)7-9-20/h6-11,15,17-18,21H,12-14,16H2,1-5H3,(H,27,28)(H,29,30). The highest BCUT2D eigenvalue weighted by molar-refractivity contribution is 5.93. The maximum atomic E-state index is 12.8. The van der Waals surface area contributed by atoms with Gasteiger partial charge in [0.1, 0.15) is 5.75 Å². The van der Waals surface area contributed by atoms with Crippen molar-refractivity contribution in [2.24, 2.45) is 11.8 Å². The number of benzene rings is 2. The van der Waals surface area contributed by atoms with Gasteiger partial charge in [0.25, 0.3) is 0 Å². The van der Waals surface area contributed by atoms with Crippen molar-refractivity contribution < 1.29 is 19.4 Å². The summed E-state index contributed by atoms with van der Waals surface area (Å²) in [5.41, 5.74) is 3.87. The first kappa shape index (κ1) is 24.4. The fourth-order valence-electron chi connectivity index (χ4n) is 3.81. The van der Waals surface area contributed by atoms with Crippen molar-refractivity contribution in [2.75, 3.05) is 11.9 Å². The van der Waals surface area contributed by atoms with E-state index in [1.807, 2.05) is 37.3 Å². The lowest BCUT2D eigenvalue weighted by Gasteiger charge is -2.25. The second kappa shape index (κ2) is 11.5. The normalized spacial score (nSPS) is 11.2. The van der Waals surface area contributed by atoms with E-state index in [4.69, 9.17) is 9.84 Å². The molecule has 2 rings (SSSR count). The van der Waals surface area contributed by atoms with Gasteiger partial charge in [-0.1, -0.05) is 63.6 Å². The number of aryl methyl sites for hydroxylation is 1. The Morgan fingerprint density at radius 3 is 2.13 bits per heavy atom. The number of ether oxygens (including phenoxy) is 1. The predicted octanol–water partition coefficient (Wildman–Crippen LogP) is 5.82. The lowest BCUT2D eigenvalue weighted by Crippen LogP contribution is -2.18. The first-order valence-corrected chi connectivity index (χ1v) is 11.0. The van der Waals surface area contributed by atoms with Crippen LogP contribution in [0.1, 0.15) is 63.1 Å². The molecule has 5 heteroatoms. The second-order valence-electron chi connectivity index (χ2n) is 9.10. The third-order valence-electron chi connectivity index (χ3n) is 5.10. The zero-order valence-corrected chi connectivity index (χ0v) is 19.3. The summed E-state index contributed by atoms with van der Waals surface area (Å²) in [6.45, 7) is 10.4. The van der Waals surface area contributed by atoms with E-state index in [-0.39, 0.29) is 12.3 Å². The molecular weight excluding hydrogens is 390 g/mol. The largest absolute Gasteiger partial charge is 0.482 e. The van der Waals surface area contributed by atoms with Crippen LogP contribution in [-0.4, -0.2) is 23.6 Å². The van der Waals surface area contributed by atoms with Gasteiger partial charge in [-0.15, -0.1) is 0 Å². The average molecular weight is 426 g/mol. The SMILES string of the molecule is Cc1ccc(CC(=O)Nc2cc(OCC(=O)O)ccc2C(CC(C)C)CC(C)C)cc1. The van der Waals surface area contributed by atoms with Gasteiger partial charge in [-0.25, -0.2) is 4.79 Å². The smallest absolute Gasteiger partial charge is 0.341 e. The highest BCUT2D eigenvalue weighted by Gasteiger charge is 2.20. The van der Waals surface area contributed by atoms with Crippen LogP contribution in [0.3, 0.4) is 0 Å². The number of carboxylic acid groups (broad SMARTS) is 1. The molecule has 0 atom stereocenters. The molecule has 1 amide bonds. The summed E-state index contributed by atoms with van der Waals surface area (Å²) in [5.74, 6) is 0.623. The molecule has 0 aliphatic carbocycles. The number of rotatable bonds is 11. The summed E-state index contributed by atoms with van der Waals surface area (Å²) in [4.78, 5) is 23.7. The molecule has 0 heterocycles. The molecule has 2 aromatic rings. The van der Waals surface area contributed by atoms with Crippen molar-refractivity contribution >= 4 is 17.6 Å². The number of carbonyl (C=O) groups excluding carboxylic acids is 1. The van der Waals surface area contributed by atoms with Crippen LogP contribution >= 0.6 is 0 Å². The zero-order valence-electron chi connectivity index (χ0n) is 19.3. The van der Waals surface area contributed by atoms with Gasteiger partial charge in [-0.2, -0.15) is 0 Å². The molecule has 0 bridgehead atoms. The van der Waals surface area contributed by atoms with Crippen LogP contribution in [0.15, 0.2) is 42.5 Å². The third-order valence-corrected chi connectivity index (χ3v) is 5.10. The Kier molecular flexibility index (Phi) is 9.10. The van der Waals surface area contributed by atoms with E-state index in [0.29, 0.717) is 29.2 Å². The maximum Gasteiger partial charge on any atom is 0.341 e. The summed E-state index contributed by atoms with van der Waals surface area (Å²) < 4.78 is 5.37. The topological polar surface area (TPSA) is 75.6 Å². The monoisotopic (exact) mass is 425 g/mol. The molecule has 0 unspecified atom stereocenters. The summed E-state index contributed by atoms with van der Waals surface area (Å²) in [6.07, 6.45) is 2.29. The van der Waals surface area contributed by atoms with Gasteiger partial charge in [0, 0.05) is 11.8 Å². The molecule has 0 radical (unpaired) electrons. The number of hydrogen-bond donors (Lipinski definition) is 2. The van der Waals surface area contributed by atoms with Gasteiger partial charge in [0.2, 0.25) is 5.91 Å². The van der Waals surface area contributed by atoms with Crippen LogP contribution in [0.4, 0.5) is 5.69 Å². The van der Waals surface area contributed by atoms with E-state index < -0.39 is 12.6 Å². The Labute approximate surface area is 185 Å². The molecule has 0 aliphatic heterocycles. The number of aliphatic carboxylic acids is 1. The first-order valence-electron chi connectivity index (χ1n) is 11.0. The third kappa shape index (κ3) is 8.44. The van der Waals surface area contributed by atoms with Gasteiger partial charge in [-0.05, 0) is 54.7 Å². The van der Waals surface area contributed by atoms with Gasteiger partial charge < -0.3 is 15.2 Å². The van der Waals surface area contributed by atoms with E-state index in [1.54, 1.807) is 12.1 Å². The molecule has 0 spiro atoms. The minimum Gasteiger partial charge on any atom is -0.482 e. The quantitative estimate of drug-likeness (QED) is 0.476. The molecule has 31 heavy (non-hydrogen) atoms. The van der Waals surface area contributed by atoms with E-state index in [1.165, 1.54) is 0 Å². The summed E-state index contributed by atoms with van der Waals surface area (Å²) in [5, 5.41) is 12.0. The van der Waals surface area contributed by atoms with Crippen molar-refractivity contribution in [3.8, 4) is 5.75 Å². The lowest BCUT2D eigenvalue weighted by atomic mass is 9.83. The summed E-state index contributed by atoms with van der Waals surface area (Å²) in [7, 11) is 0. The Balaban J connectivity index is 2.31. The molecule has 0 aromatic heterocycles. The molecule has 5 nitrogen and oxygen atoms in total. The Morgan fingerprint density at radius 1 is 0.968 bits per heavy atom. The van der Waals surface area contributed by atoms with Crippen molar-refractivity contribution in [2.45, 2.75) is 59.8 Å². The van der Waals surface area contributed by atoms with Crippen LogP contribution < -0.4 is 10.1 Å². The summed E-state index contributed by atoms with van der Waals surface area (Å²) in [6, 6.07) is 13.4. The number of carboxylic acids is 1. The highest BCUT2D eigenvalue weighted by atomic mass is 16.5. The molecular formula is C26H35NO4. The Morgan fingerprint density at radius 2 is 1.58 bits per heavy atom. The molecule has 0 saturated heterocycles. The van der Waals surface area contributed by atoms with Crippen LogP contribution in [0.2, 0.25) is 0 Å². The number of nitrogens with one attached hydrogen (secondary N) is 1. The highest BCUT2D eigenvalue weighted by Crippen LogP contribution is 2.36. The van der Waals surface area contributed by atoms with Gasteiger partial charge in [0.15, 0.2) is 6.61 Å². The molecule has 0 fully saturated rings. The van der Waals surface area contributed by atoms with Crippen molar-refractivity contribution in [3.63, 3.8) is 0 Å². The molecule has 0 saturated carbocycles. The van der Waals surface area contributed by atoms with Crippen LogP contribution in [0.5, 0.6) is 5.75 Å². The fourth-order valence-corrected chi connectivity index (χ4v) is 3.81. The van der Waals surface area contributed by atoms with E-state index >= 15 is 0 Å². The van der Waals surface area contributed by atoms with E-state index in [0.717, 1.165) is 29.5 Å². The Hall–Kier alpha value is -2.82. The van der Waals surface area contributed by atoms with Crippen LogP contribution in [0.25, 0.3) is 0 Å². The minimum atomic E-state index is -1.04. The van der Waals surface area contributed by atoms with Crippen LogP contribution in [0, 0.1) is 18.8 Å². The Bertz CT molecular complexity index is 861. The van der Waals surface area contributed by atoms with Gasteiger partial charge in [0.05, 0.1) is 6.42 Å². The molecule has 2 N–H and O–H groups in total. The van der Waals surface area contributed by atoms with Crippen molar-refractivity contribution in [1.82, 2.24) is 0 Å². The number of carbonyl (C=O) groups is 2. The van der Waals surface area contributed by atoms with Crippen molar-refractivity contribution in [3.05, 3.63) is 59.2 Å². The molecule has 168 valence electrons. The predicted molar refractivity (Wildman–Crippen MR) is 125 cm³/mol. The number of anilines is 1. The minimum absolute atomic E-state index is 0.103. The summed E-state index contributed by atoms with van der Waals surface area (Å²) >= 11 is 0. The van der Waals surface area contributed by atoms with Crippen LogP contribution in [-0.2, 0) is 16.0 Å². The fraction of sp³-hybridized carbons (Fsp3) is 0.462.